The number of nitrogens with zero attached hydrogens (tertiary/aromatic N) is 4. The van der Waals surface area contributed by atoms with Crippen molar-refractivity contribution in [1.29, 1.82) is 0 Å². The van der Waals surface area contributed by atoms with Crippen LogP contribution in [0.1, 0.15) is 298 Å². The Hall–Kier alpha value is -10.9. The van der Waals surface area contributed by atoms with Crippen molar-refractivity contribution in [3.05, 3.63) is 304 Å². The highest BCUT2D eigenvalue weighted by Crippen LogP contribution is 2.55. The number of fused-ring (bicyclic) bond motifs is 10. The van der Waals surface area contributed by atoms with Crippen molar-refractivity contribution in [1.82, 2.24) is 9.13 Å². The van der Waals surface area contributed by atoms with E-state index in [1.807, 2.05) is 62.3 Å². The van der Waals surface area contributed by atoms with Gasteiger partial charge in [0.05, 0.1) is 33.4 Å². The van der Waals surface area contributed by atoms with E-state index in [9.17, 15) is 8.22 Å². The Balaban J connectivity index is 1.12. The minimum Gasteiger partial charge on any atom is -0.311 e. The largest absolute Gasteiger partial charge is 0.311 e. The van der Waals surface area contributed by atoms with Crippen molar-refractivity contribution in [3.63, 3.8) is 0 Å². The molecule has 5 heteroatoms. The van der Waals surface area contributed by atoms with Gasteiger partial charge in [-0.3, -0.25) is 0 Å². The number of hydrogen-bond acceptors (Lipinski definition) is 2. The average molecular weight is 1780 g/mol. The van der Waals surface area contributed by atoms with Crippen molar-refractivity contribution < 1.29 is 8.22 Å². The Bertz CT molecular complexity index is 6860. The molecule has 0 radical (unpaired) electrons. The summed E-state index contributed by atoms with van der Waals surface area (Å²) in [6.07, 6.45) is -2.33. The molecule has 0 saturated carbocycles. The summed E-state index contributed by atoms with van der Waals surface area (Å²) in [6, 6.07) is 92.2. The fourth-order valence-corrected chi connectivity index (χ4v) is 21.1. The highest BCUT2D eigenvalue weighted by molar-refractivity contribution is 7.00. The fraction of sp³-hybridized carbons (Fsp3) is 0.395. The van der Waals surface area contributed by atoms with Crippen LogP contribution in [0.25, 0.3) is 99.5 Å². The van der Waals surface area contributed by atoms with Crippen LogP contribution in [0.3, 0.4) is 0 Å². The summed E-state index contributed by atoms with van der Waals surface area (Å²) in [4.78, 5) is 5.02. The molecule has 4 heterocycles. The normalized spacial score (nSPS) is 14.9. The van der Waals surface area contributed by atoms with Crippen LogP contribution in [-0.2, 0) is 66.5 Å². The van der Waals surface area contributed by atoms with Gasteiger partial charge in [0.25, 0.3) is 6.71 Å². The van der Waals surface area contributed by atoms with Gasteiger partial charge in [0, 0.05) is 75.0 Å². The standard InChI is InChI=1S/C129H153BN4/c1-119(2,3)74-81-46-54-108-102(58-81)103-59-82(75-120(4,5)6)47-55-109(103)131(108)96-50-52-106-114(70-96)133(112-72-98(86-38-34-42-92(64-86)126(22,23)24)90(79-124(16,17)18)68-100(112)88-40-36-44-94(66-88)128(28,29)30)116-62-85(78-123(13,14)15)63-117-118(116)130(106)107-53-51-97(132-110-56-48-83(76-121(7,8)9)60-104(110)105-61-84(49-57-111(105)132)77-122(10,11)12)71-115(107)134(117)113-73-99(87-39-35-43-93(65-87)127(25,26)27)91(80-125(19,20)21)69-101(113)89-41-37-45-95(67-89)129(31,32)33/h34-73H,74-80H2,1-33H3/i78D2,79D2,80D2. The molecule has 15 aromatic rings. The molecule has 134 heavy (non-hydrogen) atoms. The summed E-state index contributed by atoms with van der Waals surface area (Å²) in [5.41, 5.74) is 28.4. The minimum atomic E-state index is -2.05. The van der Waals surface area contributed by atoms with Gasteiger partial charge in [-0.15, -0.1) is 0 Å². The zero-order valence-electron chi connectivity index (χ0n) is 93.3. The van der Waals surface area contributed by atoms with E-state index in [1.165, 1.54) is 43.8 Å². The van der Waals surface area contributed by atoms with E-state index in [-0.39, 0.29) is 43.3 Å². The number of anilines is 6. The SMILES string of the molecule is [2H]C([2H])(c1cc2c3c(c1)N(c1cc(-c4cccc(C(C)(C)C)c4)c(C([2H])([2H])C(C)(C)C)cc1-c1cccc(C(C)(C)C)c1)c1cc(-n4c5ccc(CC(C)(C)C)cc5c5cc(CC(C)(C)C)ccc54)ccc1B3c1ccc(-n3c4ccc(CC(C)(C)C)cc4c4cc(CC(C)(C)C)ccc43)cc1N2c1cc(-c2cccc(C(C)(C)C)c2)c(C([2H])([2H])C(C)(C)C)cc1-c1cccc(C(C)(C)C)c1)C(C)(C)C. The van der Waals surface area contributed by atoms with Crippen molar-refractivity contribution >= 4 is 101 Å². The van der Waals surface area contributed by atoms with E-state index < -0.39 is 42.1 Å². The van der Waals surface area contributed by atoms with Crippen molar-refractivity contribution in [3.8, 4) is 55.9 Å². The molecule has 0 amide bonds. The quantitative estimate of drug-likeness (QED) is 0.0951. The van der Waals surface area contributed by atoms with Gasteiger partial charge in [0.1, 0.15) is 0 Å². The van der Waals surface area contributed by atoms with Gasteiger partial charge in [-0.05, 0) is 325 Å². The van der Waals surface area contributed by atoms with Gasteiger partial charge in [-0.1, -0.05) is 362 Å². The molecule has 0 saturated heterocycles. The molecule has 2 aromatic heterocycles. The smallest absolute Gasteiger partial charge is 0.252 e. The van der Waals surface area contributed by atoms with E-state index >= 15 is 0 Å². The molecule has 2 aliphatic rings. The van der Waals surface area contributed by atoms with Gasteiger partial charge in [-0.2, -0.15) is 0 Å². The summed E-state index contributed by atoms with van der Waals surface area (Å²) in [5, 5.41) is 4.76. The maximum absolute atomic E-state index is 11.3. The monoisotopic (exact) mass is 1780 g/mol. The molecular weight excluding hydrogens is 1620 g/mol. The first-order chi connectivity index (χ1) is 64.5. The van der Waals surface area contributed by atoms with Gasteiger partial charge in [0.2, 0.25) is 0 Å². The van der Waals surface area contributed by atoms with Crippen molar-refractivity contribution in [2.24, 2.45) is 37.9 Å². The second-order valence-electron chi connectivity index (χ2n) is 51.8. The van der Waals surface area contributed by atoms with E-state index in [0.717, 1.165) is 176 Å². The molecule has 4 nitrogen and oxygen atoms in total. The Morgan fingerprint density at radius 3 is 0.769 bits per heavy atom. The zero-order valence-corrected chi connectivity index (χ0v) is 87.3. The zero-order chi connectivity index (χ0) is 102. The highest BCUT2D eigenvalue weighted by atomic mass is 15.2. The van der Waals surface area contributed by atoms with Gasteiger partial charge in [-0.25, -0.2) is 0 Å². The average Bonchev–Trinajstić information content (AvgIpc) is 0.799. The van der Waals surface area contributed by atoms with Crippen LogP contribution in [0, 0.1) is 37.9 Å². The lowest BCUT2D eigenvalue weighted by molar-refractivity contribution is 0.411. The molecule has 13 aromatic carbocycles. The van der Waals surface area contributed by atoms with Gasteiger partial charge < -0.3 is 18.9 Å². The Morgan fingerprint density at radius 1 is 0.231 bits per heavy atom. The summed E-state index contributed by atoms with van der Waals surface area (Å²) in [6.45, 7) is 72.8. The maximum Gasteiger partial charge on any atom is 0.252 e. The molecule has 0 N–H and O–H groups in total. The Labute approximate surface area is 815 Å². The van der Waals surface area contributed by atoms with Crippen molar-refractivity contribution in [2.75, 3.05) is 9.80 Å². The Kier molecular flexibility index (Phi) is 21.8. The van der Waals surface area contributed by atoms with Gasteiger partial charge in [0.15, 0.2) is 0 Å². The van der Waals surface area contributed by atoms with Crippen LogP contribution in [-0.4, -0.2) is 15.8 Å². The third-order valence-corrected chi connectivity index (χ3v) is 26.7. The van der Waals surface area contributed by atoms with Crippen LogP contribution >= 0.6 is 0 Å². The van der Waals surface area contributed by atoms with E-state index in [0.29, 0.717) is 16.7 Å². The summed E-state index contributed by atoms with van der Waals surface area (Å²) < 4.78 is 71.3. The maximum atomic E-state index is 11.3. The minimum absolute atomic E-state index is 0.0217. The summed E-state index contributed by atoms with van der Waals surface area (Å²) >= 11 is 0. The Morgan fingerprint density at radius 2 is 0.507 bits per heavy atom. The number of benzene rings is 13. The van der Waals surface area contributed by atoms with E-state index in [1.54, 1.807) is 0 Å². The van der Waals surface area contributed by atoms with Gasteiger partial charge >= 0.3 is 0 Å². The van der Waals surface area contributed by atoms with Crippen LogP contribution in [0.4, 0.5) is 34.1 Å². The second kappa shape index (κ2) is 33.5. The van der Waals surface area contributed by atoms with Crippen molar-refractivity contribution in [2.45, 2.75) is 295 Å². The predicted molar refractivity (Wildman–Crippen MR) is 588 cm³/mol. The number of rotatable bonds is 15. The summed E-state index contributed by atoms with van der Waals surface area (Å²) in [7, 11) is 0. The second-order valence-corrected chi connectivity index (χ2v) is 51.8. The third-order valence-electron chi connectivity index (χ3n) is 26.7. The molecule has 0 unspecified atom stereocenters. The lowest BCUT2D eigenvalue weighted by Crippen LogP contribution is -2.61. The lowest BCUT2D eigenvalue weighted by Gasteiger charge is -2.46. The highest BCUT2D eigenvalue weighted by Gasteiger charge is 2.46. The molecule has 17 rings (SSSR count). The molecule has 0 bridgehead atoms. The van der Waals surface area contributed by atoms with Crippen LogP contribution in [0.15, 0.2) is 243 Å². The number of aromatic nitrogens is 2. The van der Waals surface area contributed by atoms with Crippen LogP contribution in [0.2, 0.25) is 0 Å². The first-order valence-corrected chi connectivity index (χ1v) is 49.6. The molecule has 692 valence electrons. The number of hydrogen-bond donors (Lipinski definition) is 0. The molecule has 2 aliphatic heterocycles. The lowest BCUT2D eigenvalue weighted by atomic mass is 9.33. The summed E-state index contributed by atoms with van der Waals surface area (Å²) in [5.74, 6) is 0. The fourth-order valence-electron chi connectivity index (χ4n) is 21.1. The van der Waals surface area contributed by atoms with Crippen LogP contribution in [0.5, 0.6) is 0 Å². The first-order valence-electron chi connectivity index (χ1n) is 52.6. The third kappa shape index (κ3) is 19.7. The molecule has 0 fully saturated rings. The van der Waals surface area contributed by atoms with E-state index in [4.69, 9.17) is 0 Å². The molecule has 0 spiro atoms. The molecular formula is C129H153BN4. The topological polar surface area (TPSA) is 16.3 Å². The van der Waals surface area contributed by atoms with Crippen LogP contribution < -0.4 is 26.2 Å². The first kappa shape index (κ1) is 87.2. The molecule has 0 aliphatic carbocycles. The molecule has 0 atom stereocenters. The predicted octanol–water partition coefficient (Wildman–Crippen LogP) is 34.9. The van der Waals surface area contributed by atoms with E-state index in [2.05, 4.69) is 428 Å².